The molecule has 2 N–H and O–H groups in total. The van der Waals surface area contributed by atoms with E-state index in [2.05, 4.69) is 29.4 Å². The first-order valence-electron chi connectivity index (χ1n) is 6.41. The van der Waals surface area contributed by atoms with Crippen LogP contribution in [0.1, 0.15) is 18.7 Å². The number of carbonyl (C=O) groups excluding carboxylic acids is 1. The normalized spacial score (nSPS) is 25.0. The van der Waals surface area contributed by atoms with E-state index < -0.39 is 0 Å². The molecule has 1 aromatic heterocycles. The second-order valence-corrected chi connectivity index (χ2v) is 5.98. The maximum atomic E-state index is 11.9. The summed E-state index contributed by atoms with van der Waals surface area (Å²) >= 11 is 1.67. The zero-order valence-electron chi connectivity index (χ0n) is 11.0. The number of amides is 1. The molecule has 2 rings (SSSR count). The molecule has 1 saturated heterocycles. The van der Waals surface area contributed by atoms with Crippen molar-refractivity contribution in [2.24, 2.45) is 0 Å². The van der Waals surface area contributed by atoms with Gasteiger partial charge in [-0.2, -0.15) is 0 Å². The summed E-state index contributed by atoms with van der Waals surface area (Å²) < 4.78 is 0. The fourth-order valence-corrected chi connectivity index (χ4v) is 2.80. The van der Waals surface area contributed by atoms with Gasteiger partial charge in [-0.25, -0.2) is 0 Å². The molecule has 100 valence electrons. The first-order valence-corrected chi connectivity index (χ1v) is 7.29. The monoisotopic (exact) mass is 267 g/mol. The quantitative estimate of drug-likeness (QED) is 0.857. The van der Waals surface area contributed by atoms with Crippen molar-refractivity contribution in [3.63, 3.8) is 0 Å². The van der Waals surface area contributed by atoms with Crippen LogP contribution < -0.4 is 10.6 Å². The molecule has 4 nitrogen and oxygen atoms in total. The van der Waals surface area contributed by atoms with Gasteiger partial charge in [0.2, 0.25) is 5.91 Å². The van der Waals surface area contributed by atoms with Gasteiger partial charge in [-0.1, -0.05) is 6.07 Å². The van der Waals surface area contributed by atoms with Crippen molar-refractivity contribution < 1.29 is 4.79 Å². The lowest BCUT2D eigenvalue weighted by atomic mass is 10.1. The number of carbonyl (C=O) groups is 1. The van der Waals surface area contributed by atoms with E-state index in [1.807, 2.05) is 17.5 Å². The summed E-state index contributed by atoms with van der Waals surface area (Å²) in [5.41, 5.74) is 0. The van der Waals surface area contributed by atoms with Crippen molar-refractivity contribution in [2.45, 2.75) is 32.5 Å². The van der Waals surface area contributed by atoms with Crippen LogP contribution in [-0.4, -0.2) is 42.5 Å². The Morgan fingerprint density at radius 2 is 2.44 bits per heavy atom. The van der Waals surface area contributed by atoms with Gasteiger partial charge in [-0.3, -0.25) is 9.69 Å². The summed E-state index contributed by atoms with van der Waals surface area (Å²) in [5, 5.41) is 8.42. The maximum Gasteiger partial charge on any atom is 0.234 e. The van der Waals surface area contributed by atoms with Crippen molar-refractivity contribution in [1.82, 2.24) is 15.5 Å². The molecule has 5 heteroatoms. The van der Waals surface area contributed by atoms with Crippen LogP contribution in [0, 0.1) is 0 Å². The fraction of sp³-hybridized carbons (Fsp3) is 0.615. The topological polar surface area (TPSA) is 44.4 Å². The Balaban J connectivity index is 1.76. The van der Waals surface area contributed by atoms with Crippen molar-refractivity contribution in [3.8, 4) is 0 Å². The average molecular weight is 267 g/mol. The minimum Gasteiger partial charge on any atom is -0.350 e. The predicted molar refractivity (Wildman–Crippen MR) is 74.7 cm³/mol. The van der Waals surface area contributed by atoms with Crippen LogP contribution in [0.3, 0.4) is 0 Å². The van der Waals surface area contributed by atoms with Gasteiger partial charge in [0, 0.05) is 30.1 Å². The number of hydrogen-bond donors (Lipinski definition) is 2. The highest BCUT2D eigenvalue weighted by atomic mass is 32.1. The van der Waals surface area contributed by atoms with E-state index >= 15 is 0 Å². The maximum absolute atomic E-state index is 11.9. The highest BCUT2D eigenvalue weighted by molar-refractivity contribution is 7.09. The van der Waals surface area contributed by atoms with E-state index in [1.54, 1.807) is 11.3 Å². The first-order chi connectivity index (χ1) is 8.65. The number of hydrogen-bond acceptors (Lipinski definition) is 4. The molecule has 0 bridgehead atoms. The zero-order valence-corrected chi connectivity index (χ0v) is 11.8. The SMILES string of the molecule is CC1CN(CC(=O)NCc2cccs2)C(C)CN1. The standard InChI is InChI=1S/C13H21N3OS/c1-10-8-16(11(2)6-14-10)9-13(17)15-7-12-4-3-5-18-12/h3-5,10-11,14H,6-9H2,1-2H3,(H,15,17). The van der Waals surface area contributed by atoms with Crippen LogP contribution in [0.15, 0.2) is 17.5 Å². The van der Waals surface area contributed by atoms with E-state index in [1.165, 1.54) is 4.88 Å². The number of piperazine rings is 1. The second kappa shape index (κ2) is 6.31. The number of thiophene rings is 1. The number of rotatable bonds is 4. The molecular formula is C13H21N3OS. The molecular weight excluding hydrogens is 246 g/mol. The molecule has 0 saturated carbocycles. The molecule has 1 aliphatic rings. The van der Waals surface area contributed by atoms with Crippen LogP contribution in [0.4, 0.5) is 0 Å². The fourth-order valence-electron chi connectivity index (χ4n) is 2.16. The smallest absolute Gasteiger partial charge is 0.234 e. The molecule has 2 unspecified atom stereocenters. The molecule has 0 aliphatic carbocycles. The van der Waals surface area contributed by atoms with Gasteiger partial charge in [0.05, 0.1) is 13.1 Å². The Labute approximate surface area is 112 Å². The molecule has 18 heavy (non-hydrogen) atoms. The Hall–Kier alpha value is -0.910. The summed E-state index contributed by atoms with van der Waals surface area (Å²) in [6.07, 6.45) is 0. The highest BCUT2D eigenvalue weighted by Crippen LogP contribution is 2.08. The minimum absolute atomic E-state index is 0.115. The molecule has 0 radical (unpaired) electrons. The highest BCUT2D eigenvalue weighted by Gasteiger charge is 2.23. The van der Waals surface area contributed by atoms with E-state index in [0.29, 0.717) is 25.2 Å². The summed E-state index contributed by atoms with van der Waals surface area (Å²) in [6.45, 7) is 7.35. The molecule has 1 aromatic rings. The van der Waals surface area contributed by atoms with Gasteiger partial charge in [-0.15, -0.1) is 11.3 Å². The van der Waals surface area contributed by atoms with Crippen molar-refractivity contribution >= 4 is 17.2 Å². The molecule has 1 amide bonds. The molecule has 0 spiro atoms. The molecule has 0 aromatic carbocycles. The average Bonchev–Trinajstić information content (AvgIpc) is 2.84. The zero-order chi connectivity index (χ0) is 13.0. The summed E-state index contributed by atoms with van der Waals surface area (Å²) in [6, 6.07) is 4.94. The third kappa shape index (κ3) is 3.80. The summed E-state index contributed by atoms with van der Waals surface area (Å²) in [7, 11) is 0. The van der Waals surface area contributed by atoms with E-state index in [-0.39, 0.29) is 5.91 Å². The third-order valence-electron chi connectivity index (χ3n) is 3.28. The molecule has 1 fully saturated rings. The molecule has 1 aliphatic heterocycles. The van der Waals surface area contributed by atoms with Crippen LogP contribution >= 0.6 is 11.3 Å². The van der Waals surface area contributed by atoms with Gasteiger partial charge in [0.1, 0.15) is 0 Å². The lowest BCUT2D eigenvalue weighted by Gasteiger charge is -2.36. The second-order valence-electron chi connectivity index (χ2n) is 4.94. The van der Waals surface area contributed by atoms with Gasteiger partial charge in [-0.05, 0) is 25.3 Å². The first kappa shape index (κ1) is 13.5. The van der Waals surface area contributed by atoms with Gasteiger partial charge < -0.3 is 10.6 Å². The van der Waals surface area contributed by atoms with Gasteiger partial charge >= 0.3 is 0 Å². The van der Waals surface area contributed by atoms with E-state index in [0.717, 1.165) is 13.1 Å². The van der Waals surface area contributed by atoms with Gasteiger partial charge in [0.25, 0.3) is 0 Å². The van der Waals surface area contributed by atoms with Crippen LogP contribution in [0.2, 0.25) is 0 Å². The minimum atomic E-state index is 0.115. The summed E-state index contributed by atoms with van der Waals surface area (Å²) in [5.74, 6) is 0.115. The van der Waals surface area contributed by atoms with E-state index in [9.17, 15) is 4.79 Å². The van der Waals surface area contributed by atoms with Gasteiger partial charge in [0.15, 0.2) is 0 Å². The Morgan fingerprint density at radius 3 is 3.17 bits per heavy atom. The van der Waals surface area contributed by atoms with Crippen LogP contribution in [0.5, 0.6) is 0 Å². The third-order valence-corrected chi connectivity index (χ3v) is 4.16. The lowest BCUT2D eigenvalue weighted by Crippen LogP contribution is -2.56. The Bertz CT molecular complexity index is 380. The van der Waals surface area contributed by atoms with Crippen molar-refractivity contribution in [3.05, 3.63) is 22.4 Å². The van der Waals surface area contributed by atoms with Crippen molar-refractivity contribution in [1.29, 1.82) is 0 Å². The molecule has 2 heterocycles. The van der Waals surface area contributed by atoms with Crippen molar-refractivity contribution in [2.75, 3.05) is 19.6 Å². The van der Waals surface area contributed by atoms with Crippen LogP contribution in [-0.2, 0) is 11.3 Å². The Morgan fingerprint density at radius 1 is 1.61 bits per heavy atom. The predicted octanol–water partition coefficient (Wildman–Crippen LogP) is 1.05. The molecule has 2 atom stereocenters. The largest absolute Gasteiger partial charge is 0.350 e. The lowest BCUT2D eigenvalue weighted by molar-refractivity contribution is -0.123. The number of nitrogens with zero attached hydrogens (tertiary/aromatic N) is 1. The van der Waals surface area contributed by atoms with Crippen LogP contribution in [0.25, 0.3) is 0 Å². The van der Waals surface area contributed by atoms with E-state index in [4.69, 9.17) is 0 Å². The summed E-state index contributed by atoms with van der Waals surface area (Å²) in [4.78, 5) is 15.3. The Kier molecular flexibility index (Phi) is 4.74. The number of nitrogens with one attached hydrogen (secondary N) is 2.